The van der Waals surface area contributed by atoms with Gasteiger partial charge in [0.2, 0.25) is 0 Å². The number of carboxylic acids is 1. The number of nitrogens with zero attached hydrogens (tertiary/aromatic N) is 1. The first-order valence-corrected chi connectivity index (χ1v) is 6.14. The van der Waals surface area contributed by atoms with E-state index in [1.54, 1.807) is 17.0 Å². The van der Waals surface area contributed by atoms with Crippen molar-refractivity contribution in [3.8, 4) is 0 Å². The van der Waals surface area contributed by atoms with Crippen molar-refractivity contribution in [2.75, 3.05) is 13.1 Å². The lowest BCUT2D eigenvalue weighted by Crippen LogP contribution is -2.40. The summed E-state index contributed by atoms with van der Waals surface area (Å²) in [5.74, 6) is -1.01. The number of carbonyl (C=O) groups excluding carboxylic acids is 1. The van der Waals surface area contributed by atoms with Crippen LogP contribution in [0.2, 0.25) is 0 Å². The van der Waals surface area contributed by atoms with Crippen LogP contribution in [-0.2, 0) is 4.79 Å². The third-order valence-electron chi connectivity index (χ3n) is 2.92. The van der Waals surface area contributed by atoms with Crippen LogP contribution in [0.25, 0.3) is 0 Å². The summed E-state index contributed by atoms with van der Waals surface area (Å²) in [7, 11) is 0. The van der Waals surface area contributed by atoms with E-state index in [4.69, 9.17) is 9.52 Å². The molecule has 5 nitrogen and oxygen atoms in total. The SMILES string of the molecule is O=C(O)C1CCN(C(=O)c2ccc(Br)o2)CC1. The van der Waals surface area contributed by atoms with Gasteiger partial charge in [-0.05, 0) is 40.9 Å². The highest BCUT2D eigenvalue weighted by molar-refractivity contribution is 9.10. The van der Waals surface area contributed by atoms with Gasteiger partial charge in [0.1, 0.15) is 0 Å². The van der Waals surface area contributed by atoms with Gasteiger partial charge < -0.3 is 14.4 Å². The second-order valence-corrected chi connectivity index (χ2v) is 4.79. The van der Waals surface area contributed by atoms with Crippen LogP contribution in [-0.4, -0.2) is 35.0 Å². The summed E-state index contributed by atoms with van der Waals surface area (Å²) in [4.78, 5) is 24.4. The molecule has 0 unspecified atom stereocenters. The zero-order chi connectivity index (χ0) is 12.4. The molecule has 0 aliphatic carbocycles. The van der Waals surface area contributed by atoms with Gasteiger partial charge in [-0.1, -0.05) is 0 Å². The van der Waals surface area contributed by atoms with Crippen LogP contribution in [0.4, 0.5) is 0 Å². The summed E-state index contributed by atoms with van der Waals surface area (Å²) >= 11 is 3.14. The Labute approximate surface area is 107 Å². The van der Waals surface area contributed by atoms with E-state index in [0.717, 1.165) is 0 Å². The number of hydrogen-bond acceptors (Lipinski definition) is 3. The van der Waals surface area contributed by atoms with Crippen LogP contribution in [0.15, 0.2) is 21.2 Å². The van der Waals surface area contributed by atoms with E-state index in [2.05, 4.69) is 15.9 Å². The Hall–Kier alpha value is -1.30. The summed E-state index contributed by atoms with van der Waals surface area (Å²) in [6, 6.07) is 3.27. The molecule has 1 fully saturated rings. The van der Waals surface area contributed by atoms with Gasteiger partial charge in [-0.3, -0.25) is 9.59 Å². The van der Waals surface area contributed by atoms with Gasteiger partial charge in [-0.2, -0.15) is 0 Å². The Balaban J connectivity index is 1.97. The molecule has 0 aromatic carbocycles. The van der Waals surface area contributed by atoms with E-state index in [1.165, 1.54) is 0 Å². The molecule has 92 valence electrons. The summed E-state index contributed by atoms with van der Waals surface area (Å²) < 4.78 is 5.70. The summed E-state index contributed by atoms with van der Waals surface area (Å²) in [6.07, 6.45) is 1.01. The average Bonchev–Trinajstić information content (AvgIpc) is 2.75. The molecule has 1 aliphatic rings. The van der Waals surface area contributed by atoms with Crippen molar-refractivity contribution in [3.63, 3.8) is 0 Å². The molecular formula is C11H12BrNO4. The number of aliphatic carboxylic acids is 1. The fourth-order valence-electron chi connectivity index (χ4n) is 1.91. The Morgan fingerprint density at radius 3 is 2.47 bits per heavy atom. The normalized spacial score (nSPS) is 17.1. The molecule has 0 bridgehead atoms. The monoisotopic (exact) mass is 301 g/mol. The highest BCUT2D eigenvalue weighted by atomic mass is 79.9. The van der Waals surface area contributed by atoms with Gasteiger partial charge in [-0.15, -0.1) is 0 Å². The molecule has 0 spiro atoms. The molecule has 2 heterocycles. The molecule has 2 rings (SSSR count). The number of halogens is 1. The minimum Gasteiger partial charge on any atom is -0.481 e. The second kappa shape index (κ2) is 4.91. The van der Waals surface area contributed by atoms with Crippen molar-refractivity contribution < 1.29 is 19.1 Å². The van der Waals surface area contributed by atoms with Crippen molar-refractivity contribution in [2.24, 2.45) is 5.92 Å². The molecule has 1 aromatic heterocycles. The first-order valence-electron chi connectivity index (χ1n) is 5.35. The number of amides is 1. The lowest BCUT2D eigenvalue weighted by Gasteiger charge is -2.29. The second-order valence-electron chi connectivity index (χ2n) is 4.01. The molecule has 17 heavy (non-hydrogen) atoms. The lowest BCUT2D eigenvalue weighted by molar-refractivity contribution is -0.143. The molecule has 1 amide bonds. The summed E-state index contributed by atoms with van der Waals surface area (Å²) in [5, 5.41) is 8.86. The van der Waals surface area contributed by atoms with Gasteiger partial charge in [0.25, 0.3) is 5.91 Å². The fourth-order valence-corrected chi connectivity index (χ4v) is 2.22. The van der Waals surface area contributed by atoms with Crippen LogP contribution < -0.4 is 0 Å². The standard InChI is InChI=1S/C11H12BrNO4/c12-9-2-1-8(17-9)10(14)13-5-3-7(4-6-13)11(15)16/h1-2,7H,3-6H2,(H,15,16). The van der Waals surface area contributed by atoms with E-state index in [-0.39, 0.29) is 17.6 Å². The minimum absolute atomic E-state index is 0.181. The van der Waals surface area contributed by atoms with Gasteiger partial charge in [0, 0.05) is 13.1 Å². The van der Waals surface area contributed by atoms with E-state index in [1.807, 2.05) is 0 Å². The lowest BCUT2D eigenvalue weighted by atomic mass is 9.97. The zero-order valence-corrected chi connectivity index (χ0v) is 10.6. The highest BCUT2D eigenvalue weighted by Gasteiger charge is 2.28. The van der Waals surface area contributed by atoms with Crippen molar-refractivity contribution in [3.05, 3.63) is 22.6 Å². The third kappa shape index (κ3) is 2.69. The molecular weight excluding hydrogens is 290 g/mol. The Kier molecular flexibility index (Phi) is 3.51. The Morgan fingerprint density at radius 1 is 1.35 bits per heavy atom. The molecule has 1 aliphatic heterocycles. The van der Waals surface area contributed by atoms with Crippen LogP contribution in [0.3, 0.4) is 0 Å². The molecule has 1 aromatic rings. The number of hydrogen-bond donors (Lipinski definition) is 1. The highest BCUT2D eigenvalue weighted by Crippen LogP contribution is 2.21. The third-order valence-corrected chi connectivity index (χ3v) is 3.34. The zero-order valence-electron chi connectivity index (χ0n) is 9.06. The van der Waals surface area contributed by atoms with Crippen molar-refractivity contribution >= 4 is 27.8 Å². The van der Waals surface area contributed by atoms with E-state index in [0.29, 0.717) is 30.6 Å². The number of carbonyl (C=O) groups is 2. The smallest absolute Gasteiger partial charge is 0.306 e. The maximum atomic E-state index is 12.0. The van der Waals surface area contributed by atoms with Gasteiger partial charge in [-0.25, -0.2) is 0 Å². The van der Waals surface area contributed by atoms with Crippen molar-refractivity contribution in [2.45, 2.75) is 12.8 Å². The van der Waals surface area contributed by atoms with Gasteiger partial charge >= 0.3 is 5.97 Å². The van der Waals surface area contributed by atoms with E-state index >= 15 is 0 Å². The van der Waals surface area contributed by atoms with Crippen molar-refractivity contribution in [1.82, 2.24) is 4.90 Å². The number of rotatable bonds is 2. The fraction of sp³-hybridized carbons (Fsp3) is 0.455. The molecule has 0 saturated carbocycles. The molecule has 6 heteroatoms. The van der Waals surface area contributed by atoms with E-state index in [9.17, 15) is 9.59 Å². The molecule has 0 atom stereocenters. The van der Waals surface area contributed by atoms with Crippen LogP contribution >= 0.6 is 15.9 Å². The first kappa shape index (κ1) is 12.2. The summed E-state index contributed by atoms with van der Waals surface area (Å²) in [5.41, 5.74) is 0. The van der Waals surface area contributed by atoms with Crippen LogP contribution in [0.1, 0.15) is 23.4 Å². The first-order chi connectivity index (χ1) is 8.08. The van der Waals surface area contributed by atoms with E-state index < -0.39 is 5.97 Å². The average molecular weight is 302 g/mol. The largest absolute Gasteiger partial charge is 0.481 e. The van der Waals surface area contributed by atoms with Crippen LogP contribution in [0, 0.1) is 5.92 Å². The van der Waals surface area contributed by atoms with Crippen molar-refractivity contribution in [1.29, 1.82) is 0 Å². The minimum atomic E-state index is -0.780. The quantitative estimate of drug-likeness (QED) is 0.907. The molecule has 0 radical (unpaired) electrons. The summed E-state index contributed by atoms with van der Waals surface area (Å²) in [6.45, 7) is 0.933. The number of piperidine rings is 1. The van der Waals surface area contributed by atoms with Gasteiger partial charge in [0.05, 0.1) is 5.92 Å². The van der Waals surface area contributed by atoms with Crippen LogP contribution in [0.5, 0.6) is 0 Å². The number of carboxylic acid groups (broad SMARTS) is 1. The maximum absolute atomic E-state index is 12.0. The Bertz CT molecular complexity index is 434. The predicted molar refractivity (Wildman–Crippen MR) is 62.7 cm³/mol. The molecule has 1 saturated heterocycles. The Morgan fingerprint density at radius 2 is 2.00 bits per heavy atom. The topological polar surface area (TPSA) is 70.8 Å². The molecule has 1 N–H and O–H groups in total. The number of furan rings is 1. The van der Waals surface area contributed by atoms with Gasteiger partial charge in [0.15, 0.2) is 10.4 Å². The number of likely N-dealkylation sites (tertiary alicyclic amines) is 1. The maximum Gasteiger partial charge on any atom is 0.306 e. The predicted octanol–water partition coefficient (Wildman–Crippen LogP) is 1.98.